The molecule has 1 atom stereocenters. The Hall–Kier alpha value is -2.56. The Balaban J connectivity index is 2.29. The summed E-state index contributed by atoms with van der Waals surface area (Å²) in [6.07, 6.45) is -0.290. The third-order valence-corrected chi connectivity index (χ3v) is 2.79. The van der Waals surface area contributed by atoms with Crippen LogP contribution in [0.3, 0.4) is 0 Å². The quantitative estimate of drug-likeness (QED) is 0.518. The summed E-state index contributed by atoms with van der Waals surface area (Å²) in [7, 11) is 0. The molecule has 2 rings (SSSR count). The molecule has 5 nitrogen and oxygen atoms in total. The fraction of sp³-hybridized carbons (Fsp3) is 0.143. The van der Waals surface area contributed by atoms with Gasteiger partial charge in [-0.25, -0.2) is 0 Å². The van der Waals surface area contributed by atoms with Crippen molar-refractivity contribution in [3.63, 3.8) is 0 Å². The highest BCUT2D eigenvalue weighted by atomic mass is 16.6. The molecule has 5 heteroatoms. The molecule has 0 aliphatic carbocycles. The van der Waals surface area contributed by atoms with Crippen molar-refractivity contribution in [2.45, 2.75) is 13.0 Å². The van der Waals surface area contributed by atoms with E-state index in [1.807, 2.05) is 37.3 Å². The molecule has 0 radical (unpaired) electrons. The van der Waals surface area contributed by atoms with Gasteiger partial charge in [-0.3, -0.25) is 10.1 Å². The third-order valence-electron chi connectivity index (χ3n) is 2.79. The summed E-state index contributed by atoms with van der Waals surface area (Å²) < 4.78 is 5.65. The topological polar surface area (TPSA) is 78.4 Å². The molecule has 0 aliphatic rings. The summed E-state index contributed by atoms with van der Waals surface area (Å²) in [5.41, 5.74) is 6.47. The molecule has 0 amide bonds. The van der Waals surface area contributed by atoms with Crippen LogP contribution in [0.2, 0.25) is 0 Å². The Morgan fingerprint density at radius 2 is 1.84 bits per heavy atom. The van der Waals surface area contributed by atoms with Crippen LogP contribution in [0.4, 0.5) is 11.4 Å². The molecule has 0 saturated carbocycles. The van der Waals surface area contributed by atoms with E-state index in [4.69, 9.17) is 10.5 Å². The Morgan fingerprint density at radius 3 is 2.47 bits per heavy atom. The van der Waals surface area contributed by atoms with Gasteiger partial charge in [0, 0.05) is 0 Å². The number of benzene rings is 2. The first-order valence-corrected chi connectivity index (χ1v) is 5.84. The van der Waals surface area contributed by atoms with E-state index >= 15 is 0 Å². The molecule has 98 valence electrons. The van der Waals surface area contributed by atoms with Crippen LogP contribution in [0.5, 0.6) is 5.75 Å². The van der Waals surface area contributed by atoms with Crippen LogP contribution in [-0.2, 0) is 0 Å². The van der Waals surface area contributed by atoms with Crippen molar-refractivity contribution in [3.05, 3.63) is 64.2 Å². The lowest BCUT2D eigenvalue weighted by Crippen LogP contribution is -2.06. The van der Waals surface area contributed by atoms with Gasteiger partial charge in [-0.05, 0) is 24.6 Å². The number of rotatable bonds is 4. The Morgan fingerprint density at radius 1 is 1.16 bits per heavy atom. The second-order valence-electron chi connectivity index (χ2n) is 4.12. The van der Waals surface area contributed by atoms with Crippen molar-refractivity contribution in [1.29, 1.82) is 0 Å². The van der Waals surface area contributed by atoms with Gasteiger partial charge in [-0.15, -0.1) is 0 Å². The molecule has 1 unspecified atom stereocenters. The third kappa shape index (κ3) is 2.82. The van der Waals surface area contributed by atoms with Crippen LogP contribution >= 0.6 is 0 Å². The normalized spacial score (nSPS) is 11.8. The van der Waals surface area contributed by atoms with Crippen molar-refractivity contribution < 1.29 is 9.66 Å². The first kappa shape index (κ1) is 12.9. The molecule has 2 aromatic carbocycles. The molecule has 0 spiro atoms. The minimum absolute atomic E-state index is 0.0998. The van der Waals surface area contributed by atoms with E-state index in [-0.39, 0.29) is 23.2 Å². The Labute approximate surface area is 110 Å². The number of para-hydroxylation sites is 1. The predicted molar refractivity (Wildman–Crippen MR) is 73.0 cm³/mol. The fourth-order valence-electron chi connectivity index (χ4n) is 1.81. The molecule has 2 aromatic rings. The fourth-order valence-corrected chi connectivity index (χ4v) is 1.81. The largest absolute Gasteiger partial charge is 0.479 e. The van der Waals surface area contributed by atoms with Crippen LogP contribution in [-0.4, -0.2) is 4.92 Å². The number of nitro groups is 1. The predicted octanol–water partition coefficient (Wildman–Crippen LogP) is 3.32. The zero-order valence-corrected chi connectivity index (χ0v) is 10.4. The monoisotopic (exact) mass is 258 g/mol. The van der Waals surface area contributed by atoms with Gasteiger partial charge in [-0.2, -0.15) is 0 Å². The minimum atomic E-state index is -0.525. The van der Waals surface area contributed by atoms with Crippen LogP contribution in [0.15, 0.2) is 48.5 Å². The van der Waals surface area contributed by atoms with E-state index in [1.54, 1.807) is 12.1 Å². The summed E-state index contributed by atoms with van der Waals surface area (Å²) in [6.45, 7) is 1.84. The summed E-state index contributed by atoms with van der Waals surface area (Å²) in [4.78, 5) is 10.5. The van der Waals surface area contributed by atoms with E-state index in [0.717, 1.165) is 5.56 Å². The highest BCUT2D eigenvalue weighted by Gasteiger charge is 2.21. The molecule has 0 bridgehead atoms. The van der Waals surface area contributed by atoms with Crippen LogP contribution in [0, 0.1) is 10.1 Å². The number of hydrogen-bond donors (Lipinski definition) is 1. The van der Waals surface area contributed by atoms with Gasteiger partial charge >= 0.3 is 5.69 Å². The standard InChI is InChI=1S/C14H14N2O3/c1-10(11-6-3-2-4-7-11)19-13-9-5-8-12(15)14(13)16(17)18/h2-10H,15H2,1H3. The Kier molecular flexibility index (Phi) is 3.66. The van der Waals surface area contributed by atoms with Gasteiger partial charge in [0.25, 0.3) is 0 Å². The van der Waals surface area contributed by atoms with E-state index in [0.29, 0.717) is 0 Å². The number of anilines is 1. The summed E-state index contributed by atoms with van der Waals surface area (Å²) >= 11 is 0. The number of nitro benzene ring substituents is 1. The lowest BCUT2D eigenvalue weighted by atomic mass is 10.1. The molecule has 2 N–H and O–H groups in total. The lowest BCUT2D eigenvalue weighted by molar-refractivity contribution is -0.385. The molecule has 0 saturated heterocycles. The van der Waals surface area contributed by atoms with Gasteiger partial charge < -0.3 is 10.5 Å². The van der Waals surface area contributed by atoms with Crippen molar-refractivity contribution >= 4 is 11.4 Å². The highest BCUT2D eigenvalue weighted by molar-refractivity contribution is 5.65. The van der Waals surface area contributed by atoms with Gasteiger partial charge in [0.05, 0.1) is 4.92 Å². The number of hydrogen-bond acceptors (Lipinski definition) is 4. The van der Waals surface area contributed by atoms with Crippen molar-refractivity contribution in [2.75, 3.05) is 5.73 Å². The van der Waals surface area contributed by atoms with Crippen molar-refractivity contribution in [3.8, 4) is 5.75 Å². The van der Waals surface area contributed by atoms with Gasteiger partial charge in [-0.1, -0.05) is 36.4 Å². The first-order chi connectivity index (χ1) is 9.09. The van der Waals surface area contributed by atoms with Crippen LogP contribution in [0.1, 0.15) is 18.6 Å². The summed E-state index contributed by atoms with van der Waals surface area (Å²) in [6, 6.07) is 14.2. The minimum Gasteiger partial charge on any atom is -0.479 e. The van der Waals surface area contributed by atoms with Crippen LogP contribution < -0.4 is 10.5 Å². The summed E-state index contributed by atoms with van der Waals surface area (Å²) in [5.74, 6) is 0.182. The average Bonchev–Trinajstić information content (AvgIpc) is 2.39. The number of nitrogens with two attached hydrogens (primary N) is 1. The number of ether oxygens (including phenoxy) is 1. The molecular formula is C14H14N2O3. The average molecular weight is 258 g/mol. The van der Waals surface area contributed by atoms with E-state index in [9.17, 15) is 10.1 Å². The van der Waals surface area contributed by atoms with E-state index < -0.39 is 4.92 Å². The second kappa shape index (κ2) is 5.39. The SMILES string of the molecule is CC(Oc1cccc(N)c1[N+](=O)[O-])c1ccccc1. The molecule has 0 heterocycles. The maximum atomic E-state index is 11.0. The van der Waals surface area contributed by atoms with Crippen molar-refractivity contribution in [1.82, 2.24) is 0 Å². The maximum Gasteiger partial charge on any atom is 0.333 e. The number of nitrogen functional groups attached to an aromatic ring is 1. The Bertz CT molecular complexity index is 584. The van der Waals surface area contributed by atoms with E-state index in [1.165, 1.54) is 6.07 Å². The lowest BCUT2D eigenvalue weighted by Gasteiger charge is -2.15. The second-order valence-corrected chi connectivity index (χ2v) is 4.12. The first-order valence-electron chi connectivity index (χ1n) is 5.84. The van der Waals surface area contributed by atoms with Gasteiger partial charge in [0.15, 0.2) is 5.75 Å². The zero-order chi connectivity index (χ0) is 13.8. The van der Waals surface area contributed by atoms with Gasteiger partial charge in [0.1, 0.15) is 11.8 Å². The number of nitrogens with zero attached hydrogens (tertiary/aromatic N) is 1. The highest BCUT2D eigenvalue weighted by Crippen LogP contribution is 2.35. The van der Waals surface area contributed by atoms with Crippen molar-refractivity contribution in [2.24, 2.45) is 0 Å². The maximum absolute atomic E-state index is 11.0. The molecule has 0 aromatic heterocycles. The van der Waals surface area contributed by atoms with E-state index in [2.05, 4.69) is 0 Å². The molecule has 19 heavy (non-hydrogen) atoms. The van der Waals surface area contributed by atoms with Crippen LogP contribution in [0.25, 0.3) is 0 Å². The summed E-state index contributed by atoms with van der Waals surface area (Å²) in [5, 5.41) is 11.0. The smallest absolute Gasteiger partial charge is 0.333 e. The van der Waals surface area contributed by atoms with Gasteiger partial charge in [0.2, 0.25) is 0 Å². The molecule has 0 aliphatic heterocycles. The zero-order valence-electron chi connectivity index (χ0n) is 10.4. The molecule has 0 fully saturated rings. The molecular weight excluding hydrogens is 244 g/mol.